The van der Waals surface area contributed by atoms with Crippen molar-refractivity contribution < 1.29 is 0 Å². The normalized spacial score (nSPS) is 9.29. The van der Waals surface area contributed by atoms with E-state index in [1.54, 1.807) is 0 Å². The number of aromatic amines is 1. The summed E-state index contributed by atoms with van der Waals surface area (Å²) in [7, 11) is 0. The van der Waals surface area contributed by atoms with Gasteiger partial charge in [-0.05, 0) is 12.1 Å². The van der Waals surface area contributed by atoms with Gasteiger partial charge in [0.1, 0.15) is 11.3 Å². The molecule has 0 aliphatic rings. The van der Waals surface area contributed by atoms with Crippen LogP contribution in [0.4, 0.5) is 0 Å². The molecule has 14 heavy (non-hydrogen) atoms. The van der Waals surface area contributed by atoms with E-state index < -0.39 is 0 Å². The van der Waals surface area contributed by atoms with Crippen LogP contribution in [0.1, 0.15) is 5.82 Å². The highest BCUT2D eigenvalue weighted by Gasteiger charge is 2.03. The highest BCUT2D eigenvalue weighted by Crippen LogP contribution is 2.20. The molecule has 1 heterocycles. The number of nitrogens with zero attached hydrogens (tertiary/aromatic N) is 1. The van der Waals surface area contributed by atoms with Gasteiger partial charge >= 0.3 is 0 Å². The topological polar surface area (TPSA) is 54.7 Å². The fourth-order valence-corrected chi connectivity index (χ4v) is 1.36. The van der Waals surface area contributed by atoms with Gasteiger partial charge in [0.15, 0.2) is 0 Å². The van der Waals surface area contributed by atoms with Crippen LogP contribution in [0, 0.1) is 0 Å². The first kappa shape index (κ1) is 13.5. The van der Waals surface area contributed by atoms with Crippen molar-refractivity contribution in [2.24, 2.45) is 5.73 Å². The summed E-state index contributed by atoms with van der Waals surface area (Å²) in [5.74, 6) is 0.762. The molecule has 0 fully saturated rings. The maximum absolute atomic E-state index is 5.90. The molecular weight excluding hydrogens is 244 g/mol. The molecule has 1 aromatic heterocycles. The number of fused-ring (bicyclic) bond motifs is 1. The Morgan fingerprint density at radius 3 is 2.64 bits per heavy atom. The average molecular weight is 255 g/mol. The van der Waals surface area contributed by atoms with Gasteiger partial charge in [-0.15, -0.1) is 24.8 Å². The Morgan fingerprint density at radius 1 is 1.36 bits per heavy atom. The first-order valence-corrected chi connectivity index (χ1v) is 4.02. The summed E-state index contributed by atoms with van der Waals surface area (Å²) in [6.45, 7) is 0.408. The molecule has 3 nitrogen and oxygen atoms in total. The van der Waals surface area contributed by atoms with E-state index in [0.29, 0.717) is 11.6 Å². The van der Waals surface area contributed by atoms with Gasteiger partial charge in [0.25, 0.3) is 0 Å². The average Bonchev–Trinajstić information content (AvgIpc) is 2.49. The molecule has 0 unspecified atom stereocenters. The molecule has 2 aromatic rings. The fourth-order valence-electron chi connectivity index (χ4n) is 1.14. The lowest BCUT2D eigenvalue weighted by atomic mass is 10.3. The molecule has 0 saturated heterocycles. The van der Waals surface area contributed by atoms with E-state index in [4.69, 9.17) is 17.3 Å². The Hall–Kier alpha value is -0.480. The van der Waals surface area contributed by atoms with Crippen LogP contribution in [0.2, 0.25) is 5.02 Å². The second kappa shape index (κ2) is 5.41. The largest absolute Gasteiger partial charge is 0.341 e. The number of imidazole rings is 1. The van der Waals surface area contributed by atoms with Crippen molar-refractivity contribution in [3.63, 3.8) is 0 Å². The Bertz CT molecular complexity index is 413. The standard InChI is InChI=1S/C8H8ClN3.2ClH/c9-5-2-1-3-6-8(5)12-7(4-10)11-6;;/h1-3H,4,10H2,(H,11,12);2*1H. The monoisotopic (exact) mass is 253 g/mol. The quantitative estimate of drug-likeness (QED) is 0.821. The van der Waals surface area contributed by atoms with E-state index in [2.05, 4.69) is 9.97 Å². The smallest absolute Gasteiger partial charge is 0.121 e. The fraction of sp³-hybridized carbons (Fsp3) is 0.125. The zero-order valence-electron chi connectivity index (χ0n) is 7.16. The summed E-state index contributed by atoms with van der Waals surface area (Å²) in [4.78, 5) is 7.28. The third-order valence-electron chi connectivity index (χ3n) is 1.71. The number of nitrogens with two attached hydrogens (primary N) is 1. The van der Waals surface area contributed by atoms with Gasteiger partial charge in [-0.2, -0.15) is 0 Å². The van der Waals surface area contributed by atoms with Crippen LogP contribution in [0.25, 0.3) is 11.0 Å². The second-order valence-electron chi connectivity index (χ2n) is 2.52. The Labute approximate surface area is 98.9 Å². The van der Waals surface area contributed by atoms with Crippen molar-refractivity contribution in [1.82, 2.24) is 9.97 Å². The van der Waals surface area contributed by atoms with Gasteiger partial charge in [0, 0.05) is 0 Å². The van der Waals surface area contributed by atoms with Gasteiger partial charge < -0.3 is 10.7 Å². The molecule has 1 aromatic carbocycles. The third-order valence-corrected chi connectivity index (χ3v) is 2.01. The van der Waals surface area contributed by atoms with Crippen molar-refractivity contribution >= 4 is 47.4 Å². The van der Waals surface area contributed by atoms with Crippen LogP contribution in [0.3, 0.4) is 0 Å². The molecule has 2 rings (SSSR count). The van der Waals surface area contributed by atoms with Crippen LogP contribution in [-0.2, 0) is 6.54 Å². The number of halogens is 3. The van der Waals surface area contributed by atoms with Crippen LogP contribution in [-0.4, -0.2) is 9.97 Å². The number of hydrogen-bond donors (Lipinski definition) is 2. The van der Waals surface area contributed by atoms with Crippen molar-refractivity contribution in [3.8, 4) is 0 Å². The van der Waals surface area contributed by atoms with Crippen molar-refractivity contribution in [2.45, 2.75) is 6.54 Å². The van der Waals surface area contributed by atoms with E-state index in [9.17, 15) is 0 Å². The van der Waals surface area contributed by atoms with Crippen LogP contribution in [0.5, 0.6) is 0 Å². The highest BCUT2D eigenvalue weighted by molar-refractivity contribution is 6.34. The Balaban J connectivity index is 0.000000845. The maximum atomic E-state index is 5.90. The van der Waals surface area contributed by atoms with Gasteiger partial charge in [-0.3, -0.25) is 0 Å². The molecule has 0 atom stereocenters. The zero-order chi connectivity index (χ0) is 8.55. The lowest BCUT2D eigenvalue weighted by Gasteiger charge is -1.88. The van der Waals surface area contributed by atoms with E-state index >= 15 is 0 Å². The Morgan fingerprint density at radius 2 is 2.07 bits per heavy atom. The number of nitrogens with one attached hydrogen (secondary N) is 1. The number of H-pyrrole nitrogens is 1. The number of aromatic nitrogens is 2. The molecule has 0 aliphatic carbocycles. The first-order chi connectivity index (χ1) is 5.81. The molecule has 3 N–H and O–H groups in total. The summed E-state index contributed by atoms with van der Waals surface area (Å²) in [5.41, 5.74) is 7.15. The minimum atomic E-state index is 0. The number of benzene rings is 1. The predicted octanol–water partition coefficient (Wildman–Crippen LogP) is 2.52. The minimum Gasteiger partial charge on any atom is -0.341 e. The van der Waals surface area contributed by atoms with E-state index in [-0.39, 0.29) is 24.8 Å². The lowest BCUT2D eigenvalue weighted by molar-refractivity contribution is 0.958. The SMILES string of the molecule is Cl.Cl.NCc1nc2c(Cl)cccc2[nH]1. The summed E-state index contributed by atoms with van der Waals surface area (Å²) in [5, 5.41) is 0.656. The number of rotatable bonds is 1. The van der Waals surface area contributed by atoms with Crippen LogP contribution >= 0.6 is 36.4 Å². The summed E-state index contributed by atoms with van der Waals surface area (Å²) >= 11 is 5.90. The molecule has 6 heteroatoms. The lowest BCUT2D eigenvalue weighted by Crippen LogP contribution is -1.97. The van der Waals surface area contributed by atoms with Gasteiger partial charge in [0.05, 0.1) is 17.1 Å². The first-order valence-electron chi connectivity index (χ1n) is 3.64. The van der Waals surface area contributed by atoms with Crippen LogP contribution < -0.4 is 5.73 Å². The van der Waals surface area contributed by atoms with Crippen molar-refractivity contribution in [1.29, 1.82) is 0 Å². The third kappa shape index (κ3) is 2.30. The summed E-state index contributed by atoms with van der Waals surface area (Å²) in [6, 6.07) is 5.61. The second-order valence-corrected chi connectivity index (χ2v) is 2.93. The number of hydrogen-bond acceptors (Lipinski definition) is 2. The predicted molar refractivity (Wildman–Crippen MR) is 63.5 cm³/mol. The van der Waals surface area contributed by atoms with Gasteiger partial charge in [0.2, 0.25) is 0 Å². The molecule has 78 valence electrons. The minimum absolute atomic E-state index is 0. The zero-order valence-corrected chi connectivity index (χ0v) is 9.55. The molecule has 0 amide bonds. The molecule has 0 aliphatic heterocycles. The molecule has 0 bridgehead atoms. The van der Waals surface area contributed by atoms with Crippen LogP contribution in [0.15, 0.2) is 18.2 Å². The maximum Gasteiger partial charge on any atom is 0.121 e. The van der Waals surface area contributed by atoms with Gasteiger partial charge in [-0.25, -0.2) is 4.98 Å². The van der Waals surface area contributed by atoms with E-state index in [1.165, 1.54) is 0 Å². The van der Waals surface area contributed by atoms with Crippen molar-refractivity contribution in [2.75, 3.05) is 0 Å². The van der Waals surface area contributed by atoms with Crippen molar-refractivity contribution in [3.05, 3.63) is 29.0 Å². The van der Waals surface area contributed by atoms with Gasteiger partial charge in [-0.1, -0.05) is 17.7 Å². The highest BCUT2D eigenvalue weighted by atomic mass is 35.5. The molecular formula is C8H10Cl3N3. The Kier molecular flexibility index (Phi) is 5.23. The van der Waals surface area contributed by atoms with E-state index in [1.807, 2.05) is 18.2 Å². The molecule has 0 radical (unpaired) electrons. The van der Waals surface area contributed by atoms with E-state index in [0.717, 1.165) is 16.9 Å². The summed E-state index contributed by atoms with van der Waals surface area (Å²) in [6.07, 6.45) is 0. The number of para-hydroxylation sites is 1. The summed E-state index contributed by atoms with van der Waals surface area (Å²) < 4.78 is 0. The molecule has 0 saturated carbocycles. The molecule has 0 spiro atoms.